The molecule has 0 spiro atoms. The minimum atomic E-state index is 0.472. The van der Waals surface area contributed by atoms with Crippen molar-refractivity contribution in [1.82, 2.24) is 10.3 Å². The summed E-state index contributed by atoms with van der Waals surface area (Å²) in [5, 5.41) is 7.63. The maximum Gasteiger partial charge on any atom is 0.134 e. The molecule has 3 nitrogen and oxygen atoms in total. The Morgan fingerprint density at radius 3 is 3.00 bits per heavy atom. The average molecular weight is 272 g/mol. The number of hydrogen-bond acceptors (Lipinski definition) is 4. The predicted molar refractivity (Wildman–Crippen MR) is 79.3 cm³/mol. The first-order valence-electron chi connectivity index (χ1n) is 6.38. The van der Waals surface area contributed by atoms with E-state index in [1.807, 2.05) is 18.2 Å². The second-order valence-corrected chi connectivity index (χ2v) is 5.68. The fraction of sp³-hybridized carbons (Fsp3) is 0.267. The third-order valence-corrected chi connectivity index (χ3v) is 3.88. The monoisotopic (exact) mass is 272 g/mol. The van der Waals surface area contributed by atoms with E-state index in [1.54, 1.807) is 17.6 Å². The SMILES string of the molecule is CC(C)NCc1csc(-c2coc3ccccc23)n1. The van der Waals surface area contributed by atoms with Gasteiger partial charge in [-0.2, -0.15) is 0 Å². The number of thiazole rings is 1. The van der Waals surface area contributed by atoms with E-state index in [9.17, 15) is 0 Å². The highest BCUT2D eigenvalue weighted by Crippen LogP contribution is 2.32. The van der Waals surface area contributed by atoms with Crippen LogP contribution in [0.5, 0.6) is 0 Å². The summed E-state index contributed by atoms with van der Waals surface area (Å²) in [5.41, 5.74) is 3.07. The van der Waals surface area contributed by atoms with Crippen molar-refractivity contribution in [3.8, 4) is 10.6 Å². The molecular formula is C15H16N2OS. The molecule has 0 saturated carbocycles. The number of nitrogens with one attached hydrogen (secondary N) is 1. The number of aromatic nitrogens is 1. The fourth-order valence-electron chi connectivity index (χ4n) is 1.96. The second-order valence-electron chi connectivity index (χ2n) is 4.83. The van der Waals surface area contributed by atoms with Gasteiger partial charge in [0.2, 0.25) is 0 Å². The van der Waals surface area contributed by atoms with Crippen molar-refractivity contribution in [2.24, 2.45) is 0 Å². The first-order chi connectivity index (χ1) is 9.24. The lowest BCUT2D eigenvalue weighted by Gasteiger charge is -2.04. The van der Waals surface area contributed by atoms with Crippen molar-refractivity contribution < 1.29 is 4.42 Å². The van der Waals surface area contributed by atoms with Gasteiger partial charge in [-0.1, -0.05) is 32.0 Å². The number of rotatable bonds is 4. The summed E-state index contributed by atoms with van der Waals surface area (Å²) in [6, 6.07) is 8.53. The molecule has 98 valence electrons. The molecule has 3 rings (SSSR count). The van der Waals surface area contributed by atoms with Crippen LogP contribution in [-0.2, 0) is 6.54 Å². The van der Waals surface area contributed by atoms with E-state index in [0.717, 1.165) is 33.8 Å². The Hall–Kier alpha value is -1.65. The third kappa shape index (κ3) is 2.55. The maximum atomic E-state index is 5.56. The van der Waals surface area contributed by atoms with Gasteiger partial charge in [-0.15, -0.1) is 11.3 Å². The van der Waals surface area contributed by atoms with Gasteiger partial charge in [-0.05, 0) is 6.07 Å². The lowest BCUT2D eigenvalue weighted by atomic mass is 10.2. The minimum absolute atomic E-state index is 0.472. The Bertz CT molecular complexity index is 684. The molecule has 0 saturated heterocycles. The van der Waals surface area contributed by atoms with Crippen LogP contribution in [0.3, 0.4) is 0 Å². The lowest BCUT2D eigenvalue weighted by molar-refractivity contribution is 0.583. The molecular weight excluding hydrogens is 256 g/mol. The summed E-state index contributed by atoms with van der Waals surface area (Å²) in [7, 11) is 0. The van der Waals surface area contributed by atoms with E-state index < -0.39 is 0 Å². The largest absolute Gasteiger partial charge is 0.464 e. The zero-order valence-electron chi connectivity index (χ0n) is 11.0. The van der Waals surface area contributed by atoms with Crippen molar-refractivity contribution in [3.05, 3.63) is 41.6 Å². The van der Waals surface area contributed by atoms with Crippen LogP contribution in [0, 0.1) is 0 Å². The van der Waals surface area contributed by atoms with Crippen LogP contribution >= 0.6 is 11.3 Å². The van der Waals surface area contributed by atoms with Crippen LogP contribution in [0.2, 0.25) is 0 Å². The minimum Gasteiger partial charge on any atom is -0.464 e. The Balaban J connectivity index is 1.90. The van der Waals surface area contributed by atoms with E-state index in [0.29, 0.717) is 6.04 Å². The smallest absolute Gasteiger partial charge is 0.134 e. The zero-order chi connectivity index (χ0) is 13.2. The molecule has 4 heteroatoms. The van der Waals surface area contributed by atoms with Crippen molar-refractivity contribution >= 4 is 22.3 Å². The summed E-state index contributed by atoms with van der Waals surface area (Å²) < 4.78 is 5.56. The van der Waals surface area contributed by atoms with Crippen molar-refractivity contribution in [3.63, 3.8) is 0 Å². The van der Waals surface area contributed by atoms with Crippen molar-refractivity contribution in [1.29, 1.82) is 0 Å². The zero-order valence-corrected chi connectivity index (χ0v) is 11.8. The first kappa shape index (κ1) is 12.4. The summed E-state index contributed by atoms with van der Waals surface area (Å²) in [4.78, 5) is 4.67. The molecule has 3 aromatic rings. The van der Waals surface area contributed by atoms with Crippen molar-refractivity contribution in [2.45, 2.75) is 26.4 Å². The van der Waals surface area contributed by atoms with Gasteiger partial charge in [-0.3, -0.25) is 0 Å². The molecule has 2 heterocycles. The Kier molecular flexibility index (Phi) is 3.36. The number of furan rings is 1. The highest BCUT2D eigenvalue weighted by molar-refractivity contribution is 7.13. The molecule has 0 aliphatic carbocycles. The van der Waals surface area contributed by atoms with Gasteiger partial charge < -0.3 is 9.73 Å². The predicted octanol–water partition coefficient (Wildman–Crippen LogP) is 4.05. The summed E-state index contributed by atoms with van der Waals surface area (Å²) >= 11 is 1.66. The van der Waals surface area contributed by atoms with Gasteiger partial charge in [0.25, 0.3) is 0 Å². The van der Waals surface area contributed by atoms with Gasteiger partial charge in [-0.25, -0.2) is 4.98 Å². The molecule has 0 unspecified atom stereocenters. The summed E-state index contributed by atoms with van der Waals surface area (Å²) in [6.45, 7) is 5.08. The molecule has 2 aromatic heterocycles. The molecule has 19 heavy (non-hydrogen) atoms. The molecule has 0 atom stereocenters. The van der Waals surface area contributed by atoms with Gasteiger partial charge >= 0.3 is 0 Å². The molecule has 0 fully saturated rings. The van der Waals surface area contributed by atoms with Gasteiger partial charge in [0, 0.05) is 23.4 Å². The number of fused-ring (bicyclic) bond motifs is 1. The number of para-hydroxylation sites is 1. The van der Waals surface area contributed by atoms with Crippen LogP contribution in [0.25, 0.3) is 21.5 Å². The molecule has 0 bridgehead atoms. The molecule has 1 aromatic carbocycles. The van der Waals surface area contributed by atoms with Crippen molar-refractivity contribution in [2.75, 3.05) is 0 Å². The molecule has 0 radical (unpaired) electrons. The number of nitrogens with zero attached hydrogens (tertiary/aromatic N) is 1. The number of benzene rings is 1. The van der Waals surface area contributed by atoms with Crippen LogP contribution in [-0.4, -0.2) is 11.0 Å². The normalized spacial score (nSPS) is 11.5. The quantitative estimate of drug-likeness (QED) is 0.778. The highest BCUT2D eigenvalue weighted by Gasteiger charge is 2.11. The van der Waals surface area contributed by atoms with E-state index in [4.69, 9.17) is 4.42 Å². The Morgan fingerprint density at radius 2 is 2.16 bits per heavy atom. The lowest BCUT2D eigenvalue weighted by Crippen LogP contribution is -2.21. The molecule has 0 aliphatic heterocycles. The van der Waals surface area contributed by atoms with E-state index in [1.165, 1.54) is 0 Å². The maximum absolute atomic E-state index is 5.56. The van der Waals surface area contributed by atoms with Crippen LogP contribution in [0.1, 0.15) is 19.5 Å². The molecule has 1 N–H and O–H groups in total. The molecule has 0 amide bonds. The first-order valence-corrected chi connectivity index (χ1v) is 7.26. The van der Waals surface area contributed by atoms with Crippen LogP contribution in [0.4, 0.5) is 0 Å². The Labute approximate surface area is 116 Å². The van der Waals surface area contributed by atoms with Gasteiger partial charge in [0.1, 0.15) is 16.9 Å². The second kappa shape index (κ2) is 5.15. The summed E-state index contributed by atoms with van der Waals surface area (Å²) in [5.74, 6) is 0. The number of hydrogen-bond donors (Lipinski definition) is 1. The van der Waals surface area contributed by atoms with E-state index >= 15 is 0 Å². The van der Waals surface area contributed by atoms with E-state index in [-0.39, 0.29) is 0 Å². The Morgan fingerprint density at radius 1 is 1.32 bits per heavy atom. The average Bonchev–Trinajstić information content (AvgIpc) is 3.02. The molecule has 0 aliphatic rings. The van der Waals surface area contributed by atoms with E-state index in [2.05, 4.69) is 35.6 Å². The third-order valence-electron chi connectivity index (χ3n) is 2.95. The standard InChI is InChI=1S/C15H16N2OS/c1-10(2)16-7-11-9-19-15(17-11)13-8-18-14-6-4-3-5-12(13)14/h3-6,8-10,16H,7H2,1-2H3. The highest BCUT2D eigenvalue weighted by atomic mass is 32.1. The van der Waals surface area contributed by atoms with Crippen LogP contribution in [0.15, 0.2) is 40.3 Å². The topological polar surface area (TPSA) is 38.1 Å². The van der Waals surface area contributed by atoms with Gasteiger partial charge in [0.15, 0.2) is 0 Å². The summed E-state index contributed by atoms with van der Waals surface area (Å²) in [6.07, 6.45) is 1.79. The fourth-order valence-corrected chi connectivity index (χ4v) is 2.80. The van der Waals surface area contributed by atoms with Crippen LogP contribution < -0.4 is 5.32 Å². The van der Waals surface area contributed by atoms with Gasteiger partial charge in [0.05, 0.1) is 11.3 Å².